The third kappa shape index (κ3) is 4.67. The van der Waals surface area contributed by atoms with Crippen molar-refractivity contribution in [2.75, 3.05) is 13.2 Å². The van der Waals surface area contributed by atoms with Crippen molar-refractivity contribution in [1.29, 1.82) is 0 Å². The van der Waals surface area contributed by atoms with E-state index in [9.17, 15) is 4.79 Å². The number of aromatic amines is 1. The summed E-state index contributed by atoms with van der Waals surface area (Å²) >= 11 is 0. The van der Waals surface area contributed by atoms with Gasteiger partial charge in [-0.3, -0.25) is 4.57 Å². The number of carbonyl (C=O) groups is 1. The molecular weight excluding hydrogens is 468 g/mol. The Labute approximate surface area is 214 Å². The minimum absolute atomic E-state index is 0.301. The van der Waals surface area contributed by atoms with E-state index in [1.165, 1.54) is 0 Å². The number of ether oxygens (including phenoxy) is 2. The summed E-state index contributed by atoms with van der Waals surface area (Å²) in [5.74, 6) is 0.178. The summed E-state index contributed by atoms with van der Waals surface area (Å²) in [6, 6.07) is 20.5. The molecule has 0 aliphatic rings. The summed E-state index contributed by atoms with van der Waals surface area (Å²) in [5.41, 5.74) is 7.01. The summed E-state index contributed by atoms with van der Waals surface area (Å²) < 4.78 is 13.2. The van der Waals surface area contributed by atoms with E-state index in [1.54, 1.807) is 6.92 Å². The van der Waals surface area contributed by atoms with Crippen LogP contribution in [-0.4, -0.2) is 49.4 Å². The molecule has 0 aliphatic heterocycles. The topological polar surface area (TPSA) is 108 Å². The zero-order valence-electron chi connectivity index (χ0n) is 21.1. The lowest BCUT2D eigenvalue weighted by atomic mass is 9.98. The molecule has 5 rings (SSSR count). The molecule has 1 N–H and O–H groups in total. The number of benzene rings is 3. The van der Waals surface area contributed by atoms with Crippen LogP contribution in [0.4, 0.5) is 0 Å². The first-order chi connectivity index (χ1) is 18.1. The molecule has 0 radical (unpaired) electrons. The Morgan fingerprint density at radius 3 is 2.41 bits per heavy atom. The molecule has 2 heterocycles. The minimum atomic E-state index is -0.368. The van der Waals surface area contributed by atoms with Crippen molar-refractivity contribution in [2.45, 2.75) is 33.7 Å². The molecule has 0 fully saturated rings. The number of hydrogen-bond acceptors (Lipinski definition) is 7. The Morgan fingerprint density at radius 1 is 0.946 bits per heavy atom. The van der Waals surface area contributed by atoms with Crippen LogP contribution in [0.2, 0.25) is 0 Å². The average molecular weight is 497 g/mol. The first-order valence-electron chi connectivity index (χ1n) is 12.4. The lowest BCUT2D eigenvalue weighted by Crippen LogP contribution is -2.10. The first kappa shape index (κ1) is 24.2. The zero-order chi connectivity index (χ0) is 25.8. The molecule has 0 unspecified atom stereocenters. The summed E-state index contributed by atoms with van der Waals surface area (Å²) in [5, 5.41) is 14.5. The van der Waals surface area contributed by atoms with Gasteiger partial charge in [0.2, 0.25) is 5.82 Å². The maximum Gasteiger partial charge on any atom is 0.340 e. The predicted octanol–water partition coefficient (Wildman–Crippen LogP) is 5.07. The second-order valence-corrected chi connectivity index (χ2v) is 8.43. The molecule has 0 spiro atoms. The van der Waals surface area contributed by atoms with Crippen LogP contribution in [0.1, 0.15) is 42.3 Å². The fourth-order valence-corrected chi connectivity index (χ4v) is 4.49. The smallest absolute Gasteiger partial charge is 0.340 e. The van der Waals surface area contributed by atoms with Crippen molar-refractivity contribution in [3.8, 4) is 28.5 Å². The number of nitrogens with one attached hydrogen (secondary N) is 1. The highest BCUT2D eigenvalue weighted by Gasteiger charge is 2.22. The molecule has 0 aliphatic carbocycles. The van der Waals surface area contributed by atoms with Gasteiger partial charge in [0.05, 0.1) is 36.4 Å². The maximum atomic E-state index is 12.8. The molecule has 0 amide bonds. The van der Waals surface area contributed by atoms with E-state index < -0.39 is 0 Å². The van der Waals surface area contributed by atoms with Gasteiger partial charge in [-0.25, -0.2) is 4.79 Å². The number of esters is 1. The molecule has 0 saturated heterocycles. The number of carbonyl (C=O) groups excluding carboxylic acids is 1. The second-order valence-electron chi connectivity index (χ2n) is 8.43. The molecule has 5 aromatic rings. The van der Waals surface area contributed by atoms with E-state index in [4.69, 9.17) is 14.5 Å². The number of tetrazole rings is 1. The lowest BCUT2D eigenvalue weighted by molar-refractivity contribution is 0.0528. The molecule has 37 heavy (non-hydrogen) atoms. The van der Waals surface area contributed by atoms with Crippen LogP contribution in [0.25, 0.3) is 33.5 Å². The van der Waals surface area contributed by atoms with Crippen LogP contribution >= 0.6 is 0 Å². The Balaban J connectivity index is 1.56. The van der Waals surface area contributed by atoms with Gasteiger partial charge in [0, 0.05) is 5.56 Å². The molecule has 0 bridgehead atoms. The van der Waals surface area contributed by atoms with Crippen LogP contribution in [0.15, 0.2) is 60.7 Å². The van der Waals surface area contributed by atoms with Crippen molar-refractivity contribution in [1.82, 2.24) is 30.2 Å². The second kappa shape index (κ2) is 10.6. The van der Waals surface area contributed by atoms with Gasteiger partial charge >= 0.3 is 5.97 Å². The van der Waals surface area contributed by atoms with E-state index in [2.05, 4.69) is 51.8 Å². The lowest BCUT2D eigenvalue weighted by Gasteiger charge is -2.13. The Kier molecular flexibility index (Phi) is 6.93. The number of H-pyrrole nitrogens is 1. The fraction of sp³-hybridized carbons (Fsp3) is 0.250. The Hall–Kier alpha value is -4.53. The molecule has 188 valence electrons. The summed E-state index contributed by atoms with van der Waals surface area (Å²) in [6.07, 6.45) is 0.788. The van der Waals surface area contributed by atoms with Crippen molar-refractivity contribution < 1.29 is 14.3 Å². The van der Waals surface area contributed by atoms with E-state index in [0.29, 0.717) is 37.2 Å². The maximum absolute atomic E-state index is 12.8. The van der Waals surface area contributed by atoms with Crippen LogP contribution in [0, 0.1) is 0 Å². The van der Waals surface area contributed by atoms with Gasteiger partial charge in [0.15, 0.2) is 0 Å². The van der Waals surface area contributed by atoms with Crippen LogP contribution in [-0.2, 0) is 17.7 Å². The molecule has 3 aromatic carbocycles. The van der Waals surface area contributed by atoms with Crippen LogP contribution in [0.3, 0.4) is 0 Å². The predicted molar refractivity (Wildman–Crippen MR) is 140 cm³/mol. The fourth-order valence-electron chi connectivity index (χ4n) is 4.49. The number of nitrogens with zero attached hydrogens (tertiary/aromatic N) is 5. The van der Waals surface area contributed by atoms with Crippen molar-refractivity contribution in [2.24, 2.45) is 0 Å². The molecule has 2 aromatic heterocycles. The number of fused-ring (bicyclic) bond motifs is 1. The van der Waals surface area contributed by atoms with E-state index in [-0.39, 0.29) is 5.97 Å². The van der Waals surface area contributed by atoms with Gasteiger partial charge in [0.25, 0.3) is 6.01 Å². The van der Waals surface area contributed by atoms with Gasteiger partial charge in [-0.2, -0.15) is 10.2 Å². The van der Waals surface area contributed by atoms with E-state index in [0.717, 1.165) is 45.3 Å². The molecule has 0 saturated carbocycles. The Bertz CT molecular complexity index is 1520. The highest BCUT2D eigenvalue weighted by Crippen LogP contribution is 2.32. The molecular formula is C28H28N6O3. The number of rotatable bonds is 9. The normalized spacial score (nSPS) is 11.1. The van der Waals surface area contributed by atoms with E-state index in [1.807, 2.05) is 47.9 Å². The number of imidazole rings is 1. The summed E-state index contributed by atoms with van der Waals surface area (Å²) in [7, 11) is 0. The zero-order valence-corrected chi connectivity index (χ0v) is 21.1. The molecule has 0 atom stereocenters. The number of aromatic nitrogens is 6. The summed E-state index contributed by atoms with van der Waals surface area (Å²) in [6.45, 7) is 7.05. The monoisotopic (exact) mass is 496 g/mol. The highest BCUT2D eigenvalue weighted by molar-refractivity contribution is 6.03. The highest BCUT2D eigenvalue weighted by atomic mass is 16.5. The van der Waals surface area contributed by atoms with Crippen molar-refractivity contribution in [3.05, 3.63) is 77.4 Å². The van der Waals surface area contributed by atoms with E-state index >= 15 is 0 Å². The summed E-state index contributed by atoms with van der Waals surface area (Å²) in [4.78, 5) is 17.6. The largest absolute Gasteiger partial charge is 0.465 e. The SMILES string of the molecule is CCOC(=O)c1ccc(CC)c2nc(OCC)n(Cc3ccc(-c4ccccc4-c4nn[nH]n4)cc3)c12. The quantitative estimate of drug-likeness (QED) is 0.284. The van der Waals surface area contributed by atoms with Gasteiger partial charge in [-0.05, 0) is 53.8 Å². The van der Waals surface area contributed by atoms with Gasteiger partial charge in [0.1, 0.15) is 0 Å². The van der Waals surface area contributed by atoms with Crippen LogP contribution in [0.5, 0.6) is 6.01 Å². The van der Waals surface area contributed by atoms with Gasteiger partial charge in [-0.15, -0.1) is 10.2 Å². The van der Waals surface area contributed by atoms with Crippen LogP contribution < -0.4 is 4.74 Å². The third-order valence-electron chi connectivity index (χ3n) is 6.21. The minimum Gasteiger partial charge on any atom is -0.465 e. The molecule has 9 heteroatoms. The standard InChI is InChI=1S/C28H28N6O3/c1-4-19-15-16-23(27(35)36-5-2)25-24(19)29-28(37-6-3)34(25)17-18-11-13-20(14-12-18)21-9-7-8-10-22(21)26-30-32-33-31-26/h7-16H,4-6,17H2,1-3H3,(H,30,31,32,33). The number of hydrogen-bond donors (Lipinski definition) is 1. The van der Waals surface area contributed by atoms with Gasteiger partial charge < -0.3 is 9.47 Å². The third-order valence-corrected chi connectivity index (χ3v) is 6.21. The number of aryl methyl sites for hydroxylation is 1. The Morgan fingerprint density at radius 2 is 1.73 bits per heavy atom. The van der Waals surface area contributed by atoms with Gasteiger partial charge in [-0.1, -0.05) is 61.5 Å². The first-order valence-corrected chi connectivity index (χ1v) is 12.4. The molecule has 9 nitrogen and oxygen atoms in total. The van der Waals surface area contributed by atoms with Crippen molar-refractivity contribution in [3.63, 3.8) is 0 Å². The van der Waals surface area contributed by atoms with Crippen molar-refractivity contribution >= 4 is 17.0 Å². The average Bonchev–Trinajstić information content (AvgIpc) is 3.58.